The van der Waals surface area contributed by atoms with Gasteiger partial charge in [-0.25, -0.2) is 4.98 Å². The average Bonchev–Trinajstić information content (AvgIpc) is 3.96. The van der Waals surface area contributed by atoms with Crippen molar-refractivity contribution in [2.24, 2.45) is 11.8 Å². The number of fused-ring (bicyclic) bond motifs is 1. The van der Waals surface area contributed by atoms with Crippen LogP contribution in [0.1, 0.15) is 99.5 Å². The Bertz CT molecular complexity index is 1470. The second kappa shape index (κ2) is 11.1. The number of carbonyl (C=O) groups excluding carboxylic acids is 1. The average molecular weight is 565 g/mol. The van der Waals surface area contributed by atoms with Gasteiger partial charge in [0.25, 0.3) is 0 Å². The number of likely N-dealkylation sites (tertiary alicyclic amines) is 1. The summed E-state index contributed by atoms with van der Waals surface area (Å²) >= 11 is 0. The Kier molecular flexibility index (Phi) is 7.34. The van der Waals surface area contributed by atoms with Crippen LogP contribution in [0, 0.1) is 11.8 Å². The summed E-state index contributed by atoms with van der Waals surface area (Å²) in [5.41, 5.74) is 7.99. The molecular weight excluding hydrogens is 520 g/mol. The third-order valence-electron chi connectivity index (χ3n) is 10.7. The van der Waals surface area contributed by atoms with Crippen molar-refractivity contribution in [1.82, 2.24) is 9.88 Å². The molecule has 4 aliphatic rings. The number of nitrogens with zero attached hydrogens (tertiary/aromatic N) is 2. The zero-order valence-electron chi connectivity index (χ0n) is 25.4. The van der Waals surface area contributed by atoms with Crippen molar-refractivity contribution in [3.63, 3.8) is 0 Å². The van der Waals surface area contributed by atoms with Crippen LogP contribution in [0.5, 0.6) is 11.6 Å². The standard InChI is InChI=1S/C37H44N2O3/c1-24(25(2)40)36(27-7-8-27)30-9-6-26-11-13-33(42-34(26)21-30)29-10-12-32(28-14-18-38-35(22-28)41-3)31(20-29)23-39-19-5-4-15-37(39)16-17-37/h6,9-10,12,14,18,20-22,24,27,33,36H,4-5,7-8,11,13,15-17,19,23H2,1-3H3/t24-,33?,36+/m1/s1. The van der Waals surface area contributed by atoms with Gasteiger partial charge in [-0.2, -0.15) is 0 Å². The van der Waals surface area contributed by atoms with Gasteiger partial charge >= 0.3 is 0 Å². The number of Topliss-reactive ketones (excluding diaryl/α,β-unsaturated/α-hetero) is 1. The molecule has 2 aromatic carbocycles. The molecule has 1 spiro atoms. The predicted molar refractivity (Wildman–Crippen MR) is 166 cm³/mol. The van der Waals surface area contributed by atoms with Crippen molar-refractivity contribution in [1.29, 1.82) is 0 Å². The molecule has 220 valence electrons. The van der Waals surface area contributed by atoms with Gasteiger partial charge < -0.3 is 9.47 Å². The first kappa shape index (κ1) is 27.6. The molecule has 7 rings (SSSR count). The number of benzene rings is 2. The summed E-state index contributed by atoms with van der Waals surface area (Å²) in [7, 11) is 1.68. The minimum atomic E-state index is 0.0216. The molecule has 5 nitrogen and oxygen atoms in total. The molecule has 3 fully saturated rings. The summed E-state index contributed by atoms with van der Waals surface area (Å²) in [6, 6.07) is 17.9. The van der Waals surface area contributed by atoms with Gasteiger partial charge in [-0.15, -0.1) is 0 Å². The molecule has 0 radical (unpaired) electrons. The number of rotatable bonds is 9. The summed E-state index contributed by atoms with van der Waals surface area (Å²) in [6.07, 6.45) is 12.9. The van der Waals surface area contributed by atoms with E-state index >= 15 is 0 Å². The first-order chi connectivity index (χ1) is 20.4. The van der Waals surface area contributed by atoms with Crippen LogP contribution in [0.15, 0.2) is 54.7 Å². The smallest absolute Gasteiger partial charge is 0.213 e. The van der Waals surface area contributed by atoms with Crippen LogP contribution in [-0.4, -0.2) is 34.9 Å². The Balaban J connectivity index is 1.20. The van der Waals surface area contributed by atoms with Gasteiger partial charge in [-0.05, 0) is 122 Å². The lowest BCUT2D eigenvalue weighted by Crippen LogP contribution is -2.40. The second-order valence-electron chi connectivity index (χ2n) is 13.4. The minimum absolute atomic E-state index is 0.0216. The highest BCUT2D eigenvalue weighted by Crippen LogP contribution is 2.50. The molecule has 42 heavy (non-hydrogen) atoms. The molecule has 0 N–H and O–H groups in total. The van der Waals surface area contributed by atoms with E-state index in [4.69, 9.17) is 9.47 Å². The fraction of sp³-hybridized carbons (Fsp3) is 0.514. The molecule has 3 atom stereocenters. The van der Waals surface area contributed by atoms with E-state index < -0.39 is 0 Å². The van der Waals surface area contributed by atoms with Gasteiger partial charge in [-0.3, -0.25) is 9.69 Å². The molecule has 3 heterocycles. The zero-order valence-corrected chi connectivity index (χ0v) is 25.4. The number of ketones is 1. The van der Waals surface area contributed by atoms with Crippen LogP contribution < -0.4 is 9.47 Å². The highest BCUT2D eigenvalue weighted by atomic mass is 16.5. The van der Waals surface area contributed by atoms with Crippen LogP contribution in [-0.2, 0) is 17.8 Å². The normalized spacial score (nSPS) is 22.6. The summed E-state index contributed by atoms with van der Waals surface area (Å²) in [6.45, 7) is 5.99. The zero-order chi connectivity index (χ0) is 28.8. The third kappa shape index (κ3) is 5.37. The van der Waals surface area contributed by atoms with Crippen molar-refractivity contribution in [2.75, 3.05) is 13.7 Å². The van der Waals surface area contributed by atoms with Crippen molar-refractivity contribution in [3.8, 4) is 22.8 Å². The predicted octanol–water partition coefficient (Wildman–Crippen LogP) is 8.06. The molecule has 3 aromatic rings. The summed E-state index contributed by atoms with van der Waals surface area (Å²) in [5, 5.41) is 0. The summed E-state index contributed by atoms with van der Waals surface area (Å²) in [4.78, 5) is 19.5. The number of hydrogen-bond donors (Lipinski definition) is 0. The third-order valence-corrected chi connectivity index (χ3v) is 10.7. The first-order valence-electron chi connectivity index (χ1n) is 16.1. The van der Waals surface area contributed by atoms with Gasteiger partial charge in [0.2, 0.25) is 5.88 Å². The van der Waals surface area contributed by atoms with Crippen LogP contribution in [0.4, 0.5) is 0 Å². The first-order valence-corrected chi connectivity index (χ1v) is 16.1. The van der Waals surface area contributed by atoms with E-state index in [9.17, 15) is 4.79 Å². The number of aryl methyl sites for hydroxylation is 1. The van der Waals surface area contributed by atoms with Crippen molar-refractivity contribution < 1.29 is 14.3 Å². The molecule has 2 aliphatic heterocycles. The Labute approximate surface area is 250 Å². The Morgan fingerprint density at radius 1 is 1.07 bits per heavy atom. The van der Waals surface area contributed by atoms with Gasteiger partial charge in [0.05, 0.1) is 7.11 Å². The van der Waals surface area contributed by atoms with E-state index in [2.05, 4.69) is 65.3 Å². The van der Waals surface area contributed by atoms with Gasteiger partial charge in [0.15, 0.2) is 0 Å². The molecule has 2 aliphatic carbocycles. The van der Waals surface area contributed by atoms with Gasteiger partial charge in [0, 0.05) is 30.3 Å². The number of hydrogen-bond acceptors (Lipinski definition) is 5. The lowest BCUT2D eigenvalue weighted by Gasteiger charge is -2.37. The number of aromatic nitrogens is 1. The van der Waals surface area contributed by atoms with Gasteiger partial charge in [0.1, 0.15) is 17.6 Å². The molecule has 0 bridgehead atoms. The SMILES string of the molecule is COc1cc(-c2ccc(C3CCc4ccc([C@H](C5CC5)[C@H](C)C(C)=O)cc4O3)cc2CN2CCCCC23CC3)ccn1. The highest BCUT2D eigenvalue weighted by molar-refractivity contribution is 5.79. The van der Waals surface area contributed by atoms with E-state index in [1.165, 1.54) is 79.3 Å². The Morgan fingerprint density at radius 2 is 1.93 bits per heavy atom. The van der Waals surface area contributed by atoms with Crippen LogP contribution in [0.3, 0.4) is 0 Å². The summed E-state index contributed by atoms with van der Waals surface area (Å²) in [5.74, 6) is 2.88. The second-order valence-corrected chi connectivity index (χ2v) is 13.4. The molecule has 5 heteroatoms. The highest BCUT2D eigenvalue weighted by Gasteiger charge is 2.48. The molecule has 1 aromatic heterocycles. The topological polar surface area (TPSA) is 51.7 Å². The fourth-order valence-electron chi connectivity index (χ4n) is 7.74. The number of pyridine rings is 1. The van der Waals surface area contributed by atoms with E-state index in [1.54, 1.807) is 14.0 Å². The maximum atomic E-state index is 12.4. The van der Waals surface area contributed by atoms with E-state index in [1.807, 2.05) is 6.20 Å². The molecule has 0 amide bonds. The lowest BCUT2D eigenvalue weighted by atomic mass is 9.80. The maximum absolute atomic E-state index is 12.4. The quantitative estimate of drug-likeness (QED) is 0.263. The van der Waals surface area contributed by atoms with Gasteiger partial charge in [-0.1, -0.05) is 43.7 Å². The Hall–Kier alpha value is -3.18. The maximum Gasteiger partial charge on any atom is 0.213 e. The van der Waals surface area contributed by atoms with Crippen LogP contribution in [0.25, 0.3) is 11.1 Å². The molecular formula is C37H44N2O3. The molecule has 1 unspecified atom stereocenters. The molecule has 2 saturated carbocycles. The van der Waals surface area contributed by atoms with E-state index in [0.29, 0.717) is 23.3 Å². The fourth-order valence-corrected chi connectivity index (χ4v) is 7.74. The number of ether oxygens (including phenoxy) is 2. The summed E-state index contributed by atoms with van der Waals surface area (Å²) < 4.78 is 12.3. The number of carbonyl (C=O) groups is 1. The molecule has 1 saturated heterocycles. The lowest BCUT2D eigenvalue weighted by molar-refractivity contribution is -0.121. The Morgan fingerprint density at radius 3 is 2.69 bits per heavy atom. The van der Waals surface area contributed by atoms with E-state index in [-0.39, 0.29) is 17.8 Å². The van der Waals surface area contributed by atoms with Crippen molar-refractivity contribution >= 4 is 5.78 Å². The van der Waals surface area contributed by atoms with E-state index in [0.717, 1.165) is 30.7 Å². The largest absolute Gasteiger partial charge is 0.485 e. The van der Waals surface area contributed by atoms with Crippen molar-refractivity contribution in [3.05, 3.63) is 77.0 Å². The minimum Gasteiger partial charge on any atom is -0.485 e. The van der Waals surface area contributed by atoms with Crippen LogP contribution >= 0.6 is 0 Å². The van der Waals surface area contributed by atoms with Crippen molar-refractivity contribution in [2.45, 2.75) is 95.7 Å². The monoisotopic (exact) mass is 564 g/mol. The number of piperidine rings is 1. The number of methoxy groups -OCH3 is 1. The van der Waals surface area contributed by atoms with Crippen LogP contribution in [0.2, 0.25) is 0 Å².